The number of thioether (sulfide) groups is 1. The van der Waals surface area contributed by atoms with E-state index < -0.39 is 0 Å². The highest BCUT2D eigenvalue weighted by Crippen LogP contribution is 2.26. The number of hydrogen-bond donors (Lipinski definition) is 1. The Hall–Kier alpha value is -1.42. The zero-order valence-corrected chi connectivity index (χ0v) is 11.6. The van der Waals surface area contributed by atoms with E-state index in [0.717, 1.165) is 35.9 Å². The Morgan fingerprint density at radius 2 is 2.28 bits per heavy atom. The van der Waals surface area contributed by atoms with Crippen LogP contribution in [0, 0.1) is 6.92 Å². The molecular weight excluding hydrogens is 244 g/mol. The van der Waals surface area contributed by atoms with Crippen molar-refractivity contribution in [1.82, 2.24) is 4.98 Å². The van der Waals surface area contributed by atoms with Gasteiger partial charge in [-0.25, -0.2) is 0 Å². The Morgan fingerprint density at radius 1 is 1.39 bits per heavy atom. The summed E-state index contributed by atoms with van der Waals surface area (Å²) in [5, 5.41) is 3.37. The molecule has 18 heavy (non-hydrogen) atoms. The summed E-state index contributed by atoms with van der Waals surface area (Å²) in [5.74, 6) is 1.84. The van der Waals surface area contributed by atoms with Crippen LogP contribution >= 0.6 is 11.8 Å². The molecule has 2 aromatic heterocycles. The van der Waals surface area contributed by atoms with Crippen LogP contribution in [0.15, 0.2) is 40.0 Å². The number of hydrogen-bond acceptors (Lipinski definition) is 4. The summed E-state index contributed by atoms with van der Waals surface area (Å²) in [6, 6.07) is 6.12. The van der Waals surface area contributed by atoms with Crippen LogP contribution in [0.25, 0.3) is 0 Å². The summed E-state index contributed by atoms with van der Waals surface area (Å²) < 4.78 is 5.28. The molecule has 2 rings (SSSR count). The topological polar surface area (TPSA) is 38.1 Å². The molecule has 0 aliphatic heterocycles. The van der Waals surface area contributed by atoms with Crippen LogP contribution in [0.2, 0.25) is 0 Å². The first-order valence-corrected chi connectivity index (χ1v) is 7.14. The molecule has 0 spiro atoms. The van der Waals surface area contributed by atoms with E-state index in [1.54, 1.807) is 18.0 Å². The van der Waals surface area contributed by atoms with Gasteiger partial charge in [-0.05, 0) is 31.5 Å². The van der Waals surface area contributed by atoms with Gasteiger partial charge in [-0.1, -0.05) is 6.92 Å². The normalized spacial score (nSPS) is 10.6. The number of furan rings is 1. The average molecular weight is 262 g/mol. The van der Waals surface area contributed by atoms with E-state index in [1.165, 1.54) is 4.90 Å². The van der Waals surface area contributed by atoms with Gasteiger partial charge in [-0.15, -0.1) is 11.8 Å². The molecule has 0 radical (unpaired) electrons. The van der Waals surface area contributed by atoms with E-state index in [2.05, 4.69) is 23.3 Å². The van der Waals surface area contributed by atoms with Crippen molar-refractivity contribution in [3.05, 3.63) is 42.1 Å². The summed E-state index contributed by atoms with van der Waals surface area (Å²) in [4.78, 5) is 5.57. The van der Waals surface area contributed by atoms with Crippen molar-refractivity contribution in [3.63, 3.8) is 0 Å². The molecule has 2 aromatic rings. The number of rotatable bonds is 6. The maximum Gasteiger partial charge on any atom is 0.114 e. The highest BCUT2D eigenvalue weighted by molar-refractivity contribution is 7.98. The molecule has 0 saturated carbocycles. The van der Waals surface area contributed by atoms with E-state index in [1.807, 2.05) is 25.3 Å². The van der Waals surface area contributed by atoms with Crippen molar-refractivity contribution in [2.75, 3.05) is 11.9 Å². The lowest BCUT2D eigenvalue weighted by atomic mass is 10.3. The molecule has 2 heterocycles. The number of pyridine rings is 1. The second-order valence-corrected chi connectivity index (χ2v) is 5.11. The molecule has 96 valence electrons. The van der Waals surface area contributed by atoms with Crippen molar-refractivity contribution in [2.24, 2.45) is 0 Å². The van der Waals surface area contributed by atoms with Gasteiger partial charge < -0.3 is 9.73 Å². The third-order valence-corrected chi connectivity index (χ3v) is 3.76. The fourth-order valence-electron chi connectivity index (χ4n) is 1.61. The Bertz CT molecular complexity index is 496. The molecule has 0 aromatic carbocycles. The minimum absolute atomic E-state index is 0.863. The molecule has 4 heteroatoms. The van der Waals surface area contributed by atoms with Crippen LogP contribution in [-0.2, 0) is 5.75 Å². The van der Waals surface area contributed by atoms with E-state index in [0.29, 0.717) is 0 Å². The Labute approximate surface area is 112 Å². The predicted molar refractivity (Wildman–Crippen MR) is 76.0 cm³/mol. The second-order valence-electron chi connectivity index (χ2n) is 4.09. The Balaban J connectivity index is 1.95. The Kier molecular flexibility index (Phi) is 4.70. The first kappa shape index (κ1) is 13.0. The van der Waals surface area contributed by atoms with Crippen LogP contribution in [0.5, 0.6) is 0 Å². The lowest BCUT2D eigenvalue weighted by molar-refractivity contribution is 0.527. The standard InChI is InChI=1S/C14H18N2OS/c1-3-6-15-12-4-7-16-13(9-12)10-18-14-5-8-17-11(14)2/h4-5,7-9H,3,6,10H2,1-2H3,(H,15,16). The van der Waals surface area contributed by atoms with Crippen molar-refractivity contribution < 1.29 is 4.42 Å². The fourth-order valence-corrected chi connectivity index (χ4v) is 2.48. The van der Waals surface area contributed by atoms with Crippen LogP contribution in [0.4, 0.5) is 5.69 Å². The number of nitrogens with zero attached hydrogens (tertiary/aromatic N) is 1. The molecular formula is C14H18N2OS. The third kappa shape index (κ3) is 3.53. The van der Waals surface area contributed by atoms with Crippen LogP contribution in [-0.4, -0.2) is 11.5 Å². The van der Waals surface area contributed by atoms with Crippen LogP contribution in [0.1, 0.15) is 24.8 Å². The smallest absolute Gasteiger partial charge is 0.114 e. The average Bonchev–Trinajstić information content (AvgIpc) is 2.80. The fraction of sp³-hybridized carbons (Fsp3) is 0.357. The maximum absolute atomic E-state index is 5.28. The number of nitrogens with one attached hydrogen (secondary N) is 1. The molecule has 0 amide bonds. The summed E-state index contributed by atoms with van der Waals surface area (Å²) >= 11 is 1.76. The van der Waals surface area contributed by atoms with Crippen molar-refractivity contribution >= 4 is 17.4 Å². The molecule has 1 N–H and O–H groups in total. The molecule has 0 saturated heterocycles. The molecule has 0 atom stereocenters. The minimum Gasteiger partial charge on any atom is -0.468 e. The summed E-state index contributed by atoms with van der Waals surface area (Å²) in [6.07, 6.45) is 4.71. The summed E-state index contributed by atoms with van der Waals surface area (Å²) in [6.45, 7) is 5.14. The summed E-state index contributed by atoms with van der Waals surface area (Å²) in [7, 11) is 0. The third-order valence-electron chi connectivity index (χ3n) is 2.58. The molecule has 3 nitrogen and oxygen atoms in total. The van der Waals surface area contributed by atoms with Gasteiger partial charge >= 0.3 is 0 Å². The van der Waals surface area contributed by atoms with Gasteiger partial charge in [-0.2, -0.15) is 0 Å². The molecule has 0 unspecified atom stereocenters. The van der Waals surface area contributed by atoms with Gasteiger partial charge in [0.15, 0.2) is 0 Å². The van der Waals surface area contributed by atoms with E-state index in [9.17, 15) is 0 Å². The molecule has 0 aliphatic carbocycles. The minimum atomic E-state index is 0.863. The van der Waals surface area contributed by atoms with Crippen molar-refractivity contribution in [1.29, 1.82) is 0 Å². The first-order valence-electron chi connectivity index (χ1n) is 6.15. The zero-order valence-electron chi connectivity index (χ0n) is 10.8. The first-order chi connectivity index (χ1) is 8.79. The lowest BCUT2D eigenvalue weighted by Crippen LogP contribution is -2.00. The monoisotopic (exact) mass is 262 g/mol. The van der Waals surface area contributed by atoms with Gasteiger partial charge in [0, 0.05) is 29.1 Å². The molecule has 0 fully saturated rings. The molecule has 0 aliphatic rings. The van der Waals surface area contributed by atoms with Gasteiger partial charge in [-0.3, -0.25) is 4.98 Å². The number of aromatic nitrogens is 1. The van der Waals surface area contributed by atoms with Gasteiger partial charge in [0.1, 0.15) is 5.76 Å². The van der Waals surface area contributed by atoms with Gasteiger partial charge in [0.05, 0.1) is 12.0 Å². The van der Waals surface area contributed by atoms with E-state index in [-0.39, 0.29) is 0 Å². The van der Waals surface area contributed by atoms with Crippen LogP contribution in [0.3, 0.4) is 0 Å². The Morgan fingerprint density at radius 3 is 3.00 bits per heavy atom. The largest absolute Gasteiger partial charge is 0.468 e. The summed E-state index contributed by atoms with van der Waals surface area (Å²) in [5.41, 5.74) is 2.23. The highest BCUT2D eigenvalue weighted by Gasteiger charge is 2.03. The zero-order chi connectivity index (χ0) is 12.8. The SMILES string of the molecule is CCCNc1ccnc(CSc2ccoc2C)c1. The van der Waals surface area contributed by atoms with Gasteiger partial charge in [0.25, 0.3) is 0 Å². The lowest BCUT2D eigenvalue weighted by Gasteiger charge is -2.06. The highest BCUT2D eigenvalue weighted by atomic mass is 32.2. The number of aryl methyl sites for hydroxylation is 1. The predicted octanol–water partition coefficient (Wildman–Crippen LogP) is 4.10. The number of anilines is 1. The van der Waals surface area contributed by atoms with Crippen molar-refractivity contribution in [3.8, 4) is 0 Å². The second kappa shape index (κ2) is 6.50. The quantitative estimate of drug-likeness (QED) is 0.795. The molecule has 0 bridgehead atoms. The van der Waals surface area contributed by atoms with Gasteiger partial charge in [0.2, 0.25) is 0 Å². The maximum atomic E-state index is 5.28. The van der Waals surface area contributed by atoms with Crippen molar-refractivity contribution in [2.45, 2.75) is 30.9 Å². The van der Waals surface area contributed by atoms with Crippen LogP contribution < -0.4 is 5.32 Å². The van der Waals surface area contributed by atoms with E-state index >= 15 is 0 Å². The van der Waals surface area contributed by atoms with E-state index in [4.69, 9.17) is 4.42 Å².